The van der Waals surface area contributed by atoms with Crippen molar-refractivity contribution < 1.29 is 4.74 Å². The Morgan fingerprint density at radius 1 is 0.828 bits per heavy atom. The fourth-order valence-electron chi connectivity index (χ4n) is 3.18. The molecule has 5 heteroatoms. The molecule has 0 unspecified atom stereocenters. The summed E-state index contributed by atoms with van der Waals surface area (Å²) in [7, 11) is 0. The van der Waals surface area contributed by atoms with Gasteiger partial charge in [-0.1, -0.05) is 75.5 Å². The van der Waals surface area contributed by atoms with Gasteiger partial charge < -0.3 is 10.1 Å². The highest BCUT2D eigenvalue weighted by Crippen LogP contribution is 2.30. The minimum Gasteiger partial charge on any atom is -0.489 e. The van der Waals surface area contributed by atoms with E-state index in [1.807, 2.05) is 54.6 Å². The lowest BCUT2D eigenvalue weighted by molar-refractivity contribution is 0.304. The molecule has 0 aromatic heterocycles. The number of anilines is 1. The number of halogens is 3. The Morgan fingerprint density at radius 3 is 2.41 bits per heavy atom. The van der Waals surface area contributed by atoms with Gasteiger partial charge in [0.15, 0.2) is 0 Å². The average molecular weight is 487 g/mol. The third kappa shape index (κ3) is 4.87. The first-order valence-corrected chi connectivity index (χ1v) is 10.7. The van der Waals surface area contributed by atoms with E-state index < -0.39 is 0 Å². The summed E-state index contributed by atoms with van der Waals surface area (Å²) in [5.74, 6) is 0.847. The van der Waals surface area contributed by atoms with E-state index in [0.29, 0.717) is 23.2 Å². The molecular weight excluding hydrogens is 469 g/mol. The molecule has 0 atom stereocenters. The van der Waals surface area contributed by atoms with Crippen molar-refractivity contribution in [3.05, 3.63) is 105 Å². The molecule has 0 saturated heterocycles. The fourth-order valence-corrected chi connectivity index (χ4v) is 3.77. The van der Waals surface area contributed by atoms with E-state index in [0.717, 1.165) is 27.0 Å². The minimum atomic E-state index is 0.417. The third-order valence-corrected chi connectivity index (χ3v) is 5.96. The predicted molar refractivity (Wildman–Crippen MR) is 126 cm³/mol. The Balaban J connectivity index is 1.61. The lowest BCUT2D eigenvalue weighted by Gasteiger charge is -2.16. The van der Waals surface area contributed by atoms with Crippen molar-refractivity contribution in [1.29, 1.82) is 0 Å². The maximum Gasteiger partial charge on any atom is 0.125 e. The first-order valence-electron chi connectivity index (χ1n) is 9.17. The van der Waals surface area contributed by atoms with Crippen LogP contribution in [0.4, 0.5) is 5.69 Å². The second-order valence-electron chi connectivity index (χ2n) is 6.66. The molecule has 0 spiro atoms. The van der Waals surface area contributed by atoms with E-state index in [1.165, 1.54) is 10.8 Å². The van der Waals surface area contributed by atoms with Gasteiger partial charge in [-0.05, 0) is 58.8 Å². The monoisotopic (exact) mass is 485 g/mol. The summed E-state index contributed by atoms with van der Waals surface area (Å²) in [5.41, 5.74) is 3.14. The molecule has 4 aromatic carbocycles. The lowest BCUT2D eigenvalue weighted by Crippen LogP contribution is -2.04. The van der Waals surface area contributed by atoms with Gasteiger partial charge in [0.2, 0.25) is 0 Å². The van der Waals surface area contributed by atoms with Gasteiger partial charge in [0.1, 0.15) is 12.4 Å². The van der Waals surface area contributed by atoms with Crippen molar-refractivity contribution >= 4 is 55.6 Å². The maximum atomic E-state index is 6.18. The van der Waals surface area contributed by atoms with Crippen molar-refractivity contribution in [2.24, 2.45) is 0 Å². The number of nitrogens with one attached hydrogen (secondary N) is 1. The van der Waals surface area contributed by atoms with Crippen molar-refractivity contribution in [1.82, 2.24) is 0 Å². The number of hydrogen-bond donors (Lipinski definition) is 1. The van der Waals surface area contributed by atoms with Crippen LogP contribution in [0, 0.1) is 0 Å². The summed E-state index contributed by atoms with van der Waals surface area (Å²) >= 11 is 15.6. The smallest absolute Gasteiger partial charge is 0.125 e. The summed E-state index contributed by atoms with van der Waals surface area (Å²) in [5, 5.41) is 6.92. The van der Waals surface area contributed by atoms with E-state index in [4.69, 9.17) is 27.9 Å². The van der Waals surface area contributed by atoms with Crippen molar-refractivity contribution in [3.63, 3.8) is 0 Å². The number of benzene rings is 4. The van der Waals surface area contributed by atoms with Crippen LogP contribution in [0.15, 0.2) is 83.3 Å². The molecule has 0 bridgehead atoms. The highest BCUT2D eigenvalue weighted by molar-refractivity contribution is 9.10. The van der Waals surface area contributed by atoms with Crippen molar-refractivity contribution in [3.8, 4) is 5.75 Å². The maximum absolute atomic E-state index is 6.18. The van der Waals surface area contributed by atoms with Crippen LogP contribution in [0.5, 0.6) is 5.75 Å². The Hall–Kier alpha value is -2.20. The molecule has 0 fully saturated rings. The molecule has 0 heterocycles. The highest BCUT2D eigenvalue weighted by atomic mass is 79.9. The molecule has 0 aliphatic heterocycles. The van der Waals surface area contributed by atoms with Crippen LogP contribution in [0.3, 0.4) is 0 Å². The quantitative estimate of drug-likeness (QED) is 0.297. The zero-order chi connectivity index (χ0) is 20.2. The van der Waals surface area contributed by atoms with Crippen LogP contribution in [-0.4, -0.2) is 0 Å². The Labute approximate surface area is 188 Å². The van der Waals surface area contributed by atoms with Crippen LogP contribution >= 0.6 is 39.1 Å². The van der Waals surface area contributed by atoms with Gasteiger partial charge in [0.05, 0.1) is 10.0 Å². The Morgan fingerprint density at radius 2 is 1.62 bits per heavy atom. The molecule has 0 aliphatic rings. The summed E-state index contributed by atoms with van der Waals surface area (Å²) in [6.07, 6.45) is 0. The molecular formula is C24H18BrCl2NO. The summed E-state index contributed by atoms with van der Waals surface area (Å²) in [4.78, 5) is 0. The molecule has 4 aromatic rings. The number of ether oxygens (including phenoxy) is 1. The molecule has 1 N–H and O–H groups in total. The van der Waals surface area contributed by atoms with Gasteiger partial charge in [-0.2, -0.15) is 0 Å². The standard InChI is InChI=1S/C24H18BrCl2NO/c25-18-7-9-19(10-8-18)28-14-21-20-4-2-1-3-17(20)6-12-24(21)29-15-16-5-11-22(26)23(27)13-16/h1-13,28H,14-15H2. The van der Waals surface area contributed by atoms with Gasteiger partial charge in [-0.15, -0.1) is 0 Å². The van der Waals surface area contributed by atoms with E-state index in [1.54, 1.807) is 6.07 Å². The van der Waals surface area contributed by atoms with Gasteiger partial charge in [0.25, 0.3) is 0 Å². The van der Waals surface area contributed by atoms with Gasteiger partial charge in [-0.25, -0.2) is 0 Å². The van der Waals surface area contributed by atoms with Crippen LogP contribution in [0.1, 0.15) is 11.1 Å². The molecule has 4 rings (SSSR count). The van der Waals surface area contributed by atoms with Crippen LogP contribution in [-0.2, 0) is 13.2 Å². The summed E-state index contributed by atoms with van der Waals surface area (Å²) in [6, 6.07) is 26.1. The topological polar surface area (TPSA) is 21.3 Å². The molecule has 146 valence electrons. The third-order valence-electron chi connectivity index (χ3n) is 4.69. The first kappa shape index (κ1) is 20.1. The predicted octanol–water partition coefficient (Wildman–Crippen LogP) is 8.10. The lowest BCUT2D eigenvalue weighted by atomic mass is 10.0. The van der Waals surface area contributed by atoms with Gasteiger partial charge in [0, 0.05) is 22.3 Å². The normalized spacial score (nSPS) is 10.9. The zero-order valence-corrected chi connectivity index (χ0v) is 18.6. The molecule has 29 heavy (non-hydrogen) atoms. The average Bonchev–Trinajstić information content (AvgIpc) is 2.74. The summed E-state index contributed by atoms with van der Waals surface area (Å²) < 4.78 is 7.24. The van der Waals surface area contributed by atoms with Gasteiger partial charge in [-0.3, -0.25) is 0 Å². The van der Waals surface area contributed by atoms with Crippen LogP contribution < -0.4 is 10.1 Å². The molecule has 0 aliphatic carbocycles. The zero-order valence-electron chi connectivity index (χ0n) is 15.5. The second kappa shape index (κ2) is 9.08. The highest BCUT2D eigenvalue weighted by Gasteiger charge is 2.10. The Bertz CT molecular complexity index is 1150. The fraction of sp³-hybridized carbons (Fsp3) is 0.0833. The SMILES string of the molecule is Clc1ccc(COc2ccc3ccccc3c2CNc2ccc(Br)cc2)cc1Cl. The van der Waals surface area contributed by atoms with Crippen molar-refractivity contribution in [2.75, 3.05) is 5.32 Å². The van der Waals surface area contributed by atoms with E-state index >= 15 is 0 Å². The largest absolute Gasteiger partial charge is 0.489 e. The van der Waals surface area contributed by atoms with E-state index in [-0.39, 0.29) is 0 Å². The Kier molecular flexibility index (Phi) is 6.29. The summed E-state index contributed by atoms with van der Waals surface area (Å²) in [6.45, 7) is 1.07. The van der Waals surface area contributed by atoms with E-state index in [9.17, 15) is 0 Å². The number of rotatable bonds is 6. The molecule has 0 radical (unpaired) electrons. The molecule has 0 saturated carbocycles. The first-order chi connectivity index (χ1) is 14.1. The van der Waals surface area contributed by atoms with Crippen LogP contribution in [0.2, 0.25) is 10.0 Å². The molecule has 0 amide bonds. The minimum absolute atomic E-state index is 0.417. The number of fused-ring (bicyclic) bond motifs is 1. The van der Waals surface area contributed by atoms with E-state index in [2.05, 4.69) is 39.4 Å². The molecule has 2 nitrogen and oxygen atoms in total. The van der Waals surface area contributed by atoms with Crippen molar-refractivity contribution in [2.45, 2.75) is 13.2 Å². The van der Waals surface area contributed by atoms with Gasteiger partial charge >= 0.3 is 0 Å². The number of hydrogen-bond acceptors (Lipinski definition) is 2. The second-order valence-corrected chi connectivity index (χ2v) is 8.39. The van der Waals surface area contributed by atoms with Crippen LogP contribution in [0.25, 0.3) is 10.8 Å².